The van der Waals surface area contributed by atoms with E-state index in [4.69, 9.17) is 11.6 Å². The SMILES string of the molecule is CCCc1nc2ccccc2n1CC(=O)NCCc1cccc(Cl)c1. The molecule has 4 nitrogen and oxygen atoms in total. The minimum absolute atomic E-state index is 0.00235. The summed E-state index contributed by atoms with van der Waals surface area (Å²) in [4.78, 5) is 17.0. The molecule has 0 aliphatic carbocycles. The number of fused-ring (bicyclic) bond motifs is 1. The molecule has 0 bridgehead atoms. The van der Waals surface area contributed by atoms with Crippen molar-refractivity contribution >= 4 is 28.5 Å². The highest BCUT2D eigenvalue weighted by Gasteiger charge is 2.12. The summed E-state index contributed by atoms with van der Waals surface area (Å²) >= 11 is 5.99. The average Bonchev–Trinajstić information content (AvgIpc) is 2.93. The number of carbonyl (C=O) groups is 1. The Morgan fingerprint density at radius 3 is 2.80 bits per heavy atom. The smallest absolute Gasteiger partial charge is 0.240 e. The molecular formula is C20H22ClN3O. The molecule has 0 aliphatic rings. The Bertz CT molecular complexity index is 872. The Labute approximate surface area is 152 Å². The molecule has 130 valence electrons. The highest BCUT2D eigenvalue weighted by Crippen LogP contribution is 2.17. The van der Waals surface area contributed by atoms with E-state index in [-0.39, 0.29) is 5.91 Å². The molecule has 5 heteroatoms. The van der Waals surface area contributed by atoms with Crippen LogP contribution in [0.1, 0.15) is 24.7 Å². The van der Waals surface area contributed by atoms with Gasteiger partial charge < -0.3 is 9.88 Å². The predicted molar refractivity (Wildman–Crippen MR) is 102 cm³/mol. The first-order valence-corrected chi connectivity index (χ1v) is 9.00. The molecule has 0 atom stereocenters. The molecule has 0 saturated carbocycles. The summed E-state index contributed by atoms with van der Waals surface area (Å²) in [7, 11) is 0. The third-order valence-corrected chi connectivity index (χ3v) is 4.37. The standard InChI is InChI=1S/C20H22ClN3O/c1-2-6-19-23-17-9-3-4-10-18(17)24(19)14-20(25)22-12-11-15-7-5-8-16(21)13-15/h3-5,7-10,13H,2,6,11-12,14H2,1H3,(H,22,25). The predicted octanol–water partition coefficient (Wildman–Crippen LogP) is 4.00. The van der Waals surface area contributed by atoms with Gasteiger partial charge in [-0.2, -0.15) is 0 Å². The van der Waals surface area contributed by atoms with Crippen molar-refractivity contribution in [2.75, 3.05) is 6.54 Å². The van der Waals surface area contributed by atoms with Gasteiger partial charge in [0.2, 0.25) is 5.91 Å². The first-order valence-electron chi connectivity index (χ1n) is 8.62. The van der Waals surface area contributed by atoms with Gasteiger partial charge in [-0.15, -0.1) is 0 Å². The molecule has 0 fully saturated rings. The first kappa shape index (κ1) is 17.5. The molecule has 0 aliphatic heterocycles. The van der Waals surface area contributed by atoms with Crippen LogP contribution in [-0.4, -0.2) is 22.0 Å². The number of halogens is 1. The molecule has 25 heavy (non-hydrogen) atoms. The van der Waals surface area contributed by atoms with Crippen LogP contribution < -0.4 is 5.32 Å². The van der Waals surface area contributed by atoms with Crippen LogP contribution in [0.2, 0.25) is 5.02 Å². The number of nitrogens with one attached hydrogen (secondary N) is 1. The minimum Gasteiger partial charge on any atom is -0.354 e. The van der Waals surface area contributed by atoms with Gasteiger partial charge in [0.25, 0.3) is 0 Å². The number of hydrogen-bond donors (Lipinski definition) is 1. The quantitative estimate of drug-likeness (QED) is 0.696. The number of hydrogen-bond acceptors (Lipinski definition) is 2. The van der Waals surface area contributed by atoms with Gasteiger partial charge in [-0.1, -0.05) is 42.8 Å². The van der Waals surface area contributed by atoms with Crippen molar-refractivity contribution in [3.05, 3.63) is 64.9 Å². The van der Waals surface area contributed by atoms with Crippen molar-refractivity contribution < 1.29 is 4.79 Å². The van der Waals surface area contributed by atoms with E-state index in [9.17, 15) is 4.79 Å². The number of aromatic nitrogens is 2. The molecule has 0 saturated heterocycles. The summed E-state index contributed by atoms with van der Waals surface area (Å²) in [6, 6.07) is 15.7. The third-order valence-electron chi connectivity index (χ3n) is 4.13. The maximum atomic E-state index is 12.4. The second-order valence-corrected chi connectivity index (χ2v) is 6.52. The molecule has 1 N–H and O–H groups in total. The zero-order valence-corrected chi connectivity index (χ0v) is 15.1. The summed E-state index contributed by atoms with van der Waals surface area (Å²) in [6.07, 6.45) is 2.63. The lowest BCUT2D eigenvalue weighted by Gasteiger charge is -2.10. The lowest BCUT2D eigenvalue weighted by molar-refractivity contribution is -0.121. The molecule has 3 aromatic rings. The number of nitrogens with zero attached hydrogens (tertiary/aromatic N) is 2. The van der Waals surface area contributed by atoms with Gasteiger partial charge in [-0.05, 0) is 42.7 Å². The summed E-state index contributed by atoms with van der Waals surface area (Å²) in [5.74, 6) is 0.969. The van der Waals surface area contributed by atoms with Crippen molar-refractivity contribution in [3.8, 4) is 0 Å². The number of rotatable bonds is 7. The molecule has 1 heterocycles. The van der Waals surface area contributed by atoms with Crippen LogP contribution in [0.5, 0.6) is 0 Å². The fraction of sp³-hybridized carbons (Fsp3) is 0.300. The largest absolute Gasteiger partial charge is 0.354 e. The number of para-hydroxylation sites is 2. The first-order chi connectivity index (χ1) is 12.2. The lowest BCUT2D eigenvalue weighted by atomic mass is 10.1. The van der Waals surface area contributed by atoms with Crippen LogP contribution in [0, 0.1) is 0 Å². The van der Waals surface area contributed by atoms with E-state index in [2.05, 4.69) is 17.2 Å². The van der Waals surface area contributed by atoms with E-state index < -0.39 is 0 Å². The molecule has 2 aromatic carbocycles. The Hall–Kier alpha value is -2.33. The molecule has 3 rings (SSSR count). The zero-order chi connectivity index (χ0) is 17.6. The lowest BCUT2D eigenvalue weighted by Crippen LogP contribution is -2.30. The Balaban J connectivity index is 1.64. The van der Waals surface area contributed by atoms with Crippen LogP contribution in [0.3, 0.4) is 0 Å². The van der Waals surface area contributed by atoms with Crippen molar-refractivity contribution in [2.24, 2.45) is 0 Å². The average molecular weight is 356 g/mol. The Morgan fingerprint density at radius 1 is 1.16 bits per heavy atom. The highest BCUT2D eigenvalue weighted by atomic mass is 35.5. The maximum Gasteiger partial charge on any atom is 0.240 e. The van der Waals surface area contributed by atoms with Crippen molar-refractivity contribution in [1.82, 2.24) is 14.9 Å². The number of carbonyl (C=O) groups excluding carboxylic acids is 1. The van der Waals surface area contributed by atoms with E-state index >= 15 is 0 Å². The highest BCUT2D eigenvalue weighted by molar-refractivity contribution is 6.30. The van der Waals surface area contributed by atoms with E-state index in [0.29, 0.717) is 13.1 Å². The van der Waals surface area contributed by atoms with Gasteiger partial charge in [0.15, 0.2) is 0 Å². The van der Waals surface area contributed by atoms with Gasteiger partial charge in [0.05, 0.1) is 11.0 Å². The summed E-state index contributed by atoms with van der Waals surface area (Å²) < 4.78 is 2.02. The van der Waals surface area contributed by atoms with Crippen molar-refractivity contribution in [3.63, 3.8) is 0 Å². The molecule has 1 amide bonds. The number of benzene rings is 2. The zero-order valence-electron chi connectivity index (χ0n) is 14.3. The molecule has 0 unspecified atom stereocenters. The van der Waals surface area contributed by atoms with Crippen LogP contribution in [-0.2, 0) is 24.2 Å². The van der Waals surface area contributed by atoms with Crippen LogP contribution in [0.15, 0.2) is 48.5 Å². The van der Waals surface area contributed by atoms with Crippen molar-refractivity contribution in [1.29, 1.82) is 0 Å². The van der Waals surface area contributed by atoms with Gasteiger partial charge in [0, 0.05) is 18.0 Å². The van der Waals surface area contributed by atoms with Crippen LogP contribution >= 0.6 is 11.6 Å². The van der Waals surface area contributed by atoms with Crippen LogP contribution in [0.4, 0.5) is 0 Å². The summed E-state index contributed by atoms with van der Waals surface area (Å²) in [6.45, 7) is 3.01. The number of amides is 1. The summed E-state index contributed by atoms with van der Waals surface area (Å²) in [5.41, 5.74) is 3.07. The fourth-order valence-electron chi connectivity index (χ4n) is 2.95. The van der Waals surface area contributed by atoms with Gasteiger partial charge in [-0.3, -0.25) is 4.79 Å². The molecular weight excluding hydrogens is 334 g/mol. The second-order valence-electron chi connectivity index (χ2n) is 6.08. The van der Waals surface area contributed by atoms with Gasteiger partial charge >= 0.3 is 0 Å². The molecule has 1 aromatic heterocycles. The maximum absolute atomic E-state index is 12.4. The summed E-state index contributed by atoms with van der Waals surface area (Å²) in [5, 5.41) is 3.71. The Kier molecular flexibility index (Phi) is 5.71. The van der Waals surface area contributed by atoms with Gasteiger partial charge in [0.1, 0.15) is 12.4 Å². The van der Waals surface area contributed by atoms with Gasteiger partial charge in [-0.25, -0.2) is 4.98 Å². The molecule has 0 spiro atoms. The van der Waals surface area contributed by atoms with E-state index in [1.54, 1.807) is 0 Å². The monoisotopic (exact) mass is 355 g/mol. The van der Waals surface area contributed by atoms with E-state index in [1.165, 1.54) is 0 Å². The normalized spacial score (nSPS) is 11.0. The number of imidazole rings is 1. The Morgan fingerprint density at radius 2 is 2.00 bits per heavy atom. The second kappa shape index (κ2) is 8.17. The van der Waals surface area contributed by atoms with Crippen LogP contribution in [0.25, 0.3) is 11.0 Å². The topological polar surface area (TPSA) is 46.9 Å². The minimum atomic E-state index is 0.00235. The number of aryl methyl sites for hydroxylation is 1. The van der Waals surface area contributed by atoms with E-state index in [0.717, 1.165) is 46.7 Å². The fourth-order valence-corrected chi connectivity index (χ4v) is 3.17. The van der Waals surface area contributed by atoms with Crippen molar-refractivity contribution in [2.45, 2.75) is 32.7 Å². The van der Waals surface area contributed by atoms with E-state index in [1.807, 2.05) is 53.1 Å². The molecule has 0 radical (unpaired) electrons. The third kappa shape index (κ3) is 4.40.